The predicted molar refractivity (Wildman–Crippen MR) is 102 cm³/mol. The predicted octanol–water partition coefficient (Wildman–Crippen LogP) is 3.73. The zero-order valence-electron chi connectivity index (χ0n) is 14.8. The Morgan fingerprint density at radius 2 is 1.88 bits per heavy atom. The molecule has 0 aliphatic heterocycles. The molecule has 132 valence electrons. The molecule has 2 heterocycles. The molecule has 0 spiro atoms. The molecule has 1 atom stereocenters. The van der Waals surface area contributed by atoms with Crippen molar-refractivity contribution in [3.63, 3.8) is 0 Å². The van der Waals surface area contributed by atoms with E-state index < -0.39 is 0 Å². The Morgan fingerprint density at radius 1 is 1.12 bits per heavy atom. The fourth-order valence-electron chi connectivity index (χ4n) is 3.34. The number of nitrogens with zero attached hydrogens (tertiary/aromatic N) is 4. The standard InChI is InChI=1S/C20H20N4OS/c1-13(18(25)17-7-6-14-4-3-5-16(14)12-17)26-20-23-22-19(24(20)2)15-8-10-21-11-9-15/h6-13H,3-5H2,1-2H3/t13-/m1/s1. The van der Waals surface area contributed by atoms with Gasteiger partial charge >= 0.3 is 0 Å². The number of thioether (sulfide) groups is 1. The number of rotatable bonds is 5. The molecule has 0 amide bonds. The van der Waals surface area contributed by atoms with Gasteiger partial charge in [0, 0.05) is 30.6 Å². The summed E-state index contributed by atoms with van der Waals surface area (Å²) in [5.74, 6) is 0.908. The summed E-state index contributed by atoms with van der Waals surface area (Å²) < 4.78 is 1.92. The summed E-state index contributed by atoms with van der Waals surface area (Å²) in [6, 6.07) is 9.94. The molecule has 0 N–H and O–H groups in total. The maximum atomic E-state index is 12.9. The normalized spacial score (nSPS) is 14.2. The first-order chi connectivity index (χ1) is 12.6. The topological polar surface area (TPSA) is 60.7 Å². The minimum atomic E-state index is -0.220. The van der Waals surface area contributed by atoms with Gasteiger partial charge in [0.2, 0.25) is 0 Å². The largest absolute Gasteiger partial charge is 0.305 e. The number of aryl methyl sites for hydroxylation is 2. The lowest BCUT2D eigenvalue weighted by molar-refractivity contribution is 0.0993. The summed E-state index contributed by atoms with van der Waals surface area (Å²) in [5.41, 5.74) is 4.46. The Hall–Kier alpha value is -2.47. The van der Waals surface area contributed by atoms with E-state index in [2.05, 4.69) is 27.3 Å². The quantitative estimate of drug-likeness (QED) is 0.510. The lowest BCUT2D eigenvalue weighted by atomic mass is 10.0. The molecule has 3 aromatic rings. The van der Waals surface area contributed by atoms with Crippen LogP contribution in [0.3, 0.4) is 0 Å². The van der Waals surface area contributed by atoms with E-state index in [1.165, 1.54) is 29.3 Å². The van der Waals surface area contributed by atoms with Gasteiger partial charge in [0.05, 0.1) is 5.25 Å². The second-order valence-electron chi connectivity index (χ2n) is 6.56. The summed E-state index contributed by atoms with van der Waals surface area (Å²) in [6.07, 6.45) is 6.86. The van der Waals surface area contributed by atoms with Gasteiger partial charge < -0.3 is 4.57 Å². The number of aromatic nitrogens is 4. The second-order valence-corrected chi connectivity index (χ2v) is 7.87. The van der Waals surface area contributed by atoms with Gasteiger partial charge in [-0.3, -0.25) is 9.78 Å². The molecule has 0 radical (unpaired) electrons. The highest BCUT2D eigenvalue weighted by atomic mass is 32.2. The summed E-state index contributed by atoms with van der Waals surface area (Å²) in [5, 5.41) is 9.06. The number of pyridine rings is 1. The van der Waals surface area contributed by atoms with Gasteiger partial charge in [-0.2, -0.15) is 0 Å². The Morgan fingerprint density at radius 3 is 2.69 bits per heavy atom. The van der Waals surface area contributed by atoms with Crippen LogP contribution in [0.25, 0.3) is 11.4 Å². The molecule has 5 nitrogen and oxygen atoms in total. The van der Waals surface area contributed by atoms with Crippen LogP contribution in [-0.4, -0.2) is 30.8 Å². The third-order valence-corrected chi connectivity index (χ3v) is 5.94. The van der Waals surface area contributed by atoms with Gasteiger partial charge in [0.1, 0.15) is 0 Å². The van der Waals surface area contributed by atoms with Gasteiger partial charge in [-0.15, -0.1) is 10.2 Å². The van der Waals surface area contributed by atoms with Crippen molar-refractivity contribution in [2.75, 3.05) is 0 Å². The van der Waals surface area contributed by atoms with E-state index in [1.54, 1.807) is 12.4 Å². The van der Waals surface area contributed by atoms with Crippen LogP contribution in [0.2, 0.25) is 0 Å². The van der Waals surface area contributed by atoms with Crippen LogP contribution >= 0.6 is 11.8 Å². The van der Waals surface area contributed by atoms with Crippen LogP contribution in [0.5, 0.6) is 0 Å². The number of carbonyl (C=O) groups excluding carboxylic acids is 1. The van der Waals surface area contributed by atoms with Crippen molar-refractivity contribution in [2.24, 2.45) is 7.05 Å². The molecule has 2 aromatic heterocycles. The van der Waals surface area contributed by atoms with Gasteiger partial charge in [0.25, 0.3) is 0 Å². The summed E-state index contributed by atoms with van der Waals surface area (Å²) in [4.78, 5) is 16.9. The first kappa shape index (κ1) is 17.0. The van der Waals surface area contributed by atoms with E-state index >= 15 is 0 Å². The van der Waals surface area contributed by atoms with E-state index in [-0.39, 0.29) is 11.0 Å². The highest BCUT2D eigenvalue weighted by Crippen LogP contribution is 2.29. The number of hydrogen-bond acceptors (Lipinski definition) is 5. The van der Waals surface area contributed by atoms with E-state index in [4.69, 9.17) is 0 Å². The van der Waals surface area contributed by atoms with E-state index in [0.717, 1.165) is 34.9 Å². The smallest absolute Gasteiger partial charge is 0.191 e. The average molecular weight is 364 g/mol. The SMILES string of the molecule is C[C@@H](Sc1nnc(-c2ccncc2)n1C)C(=O)c1ccc2c(c1)CCC2. The fourth-order valence-corrected chi connectivity index (χ4v) is 4.23. The van der Waals surface area contributed by atoms with Crippen LogP contribution in [0.4, 0.5) is 0 Å². The Bertz CT molecular complexity index is 952. The Labute approximate surface area is 156 Å². The molecule has 0 saturated carbocycles. The van der Waals surface area contributed by atoms with Crippen molar-refractivity contribution < 1.29 is 4.79 Å². The Balaban J connectivity index is 1.52. The van der Waals surface area contributed by atoms with Crippen LogP contribution in [0.15, 0.2) is 47.9 Å². The molecular formula is C20H20N4OS. The number of hydrogen-bond donors (Lipinski definition) is 0. The molecule has 6 heteroatoms. The summed E-state index contributed by atoms with van der Waals surface area (Å²) in [6.45, 7) is 1.93. The first-order valence-electron chi connectivity index (χ1n) is 8.76. The van der Waals surface area contributed by atoms with Crippen molar-refractivity contribution in [3.8, 4) is 11.4 Å². The monoisotopic (exact) mass is 364 g/mol. The lowest BCUT2D eigenvalue weighted by Crippen LogP contribution is -2.14. The van der Waals surface area contributed by atoms with Crippen molar-refractivity contribution in [1.29, 1.82) is 0 Å². The lowest BCUT2D eigenvalue weighted by Gasteiger charge is -2.11. The van der Waals surface area contributed by atoms with E-state index in [9.17, 15) is 4.79 Å². The molecule has 1 aliphatic rings. The van der Waals surface area contributed by atoms with Crippen LogP contribution in [-0.2, 0) is 19.9 Å². The highest BCUT2D eigenvalue weighted by molar-refractivity contribution is 8.00. The summed E-state index contributed by atoms with van der Waals surface area (Å²) in [7, 11) is 1.92. The van der Waals surface area contributed by atoms with Crippen LogP contribution in [0, 0.1) is 0 Å². The molecule has 26 heavy (non-hydrogen) atoms. The average Bonchev–Trinajstić information content (AvgIpc) is 3.28. The van der Waals surface area contributed by atoms with Crippen molar-refractivity contribution in [1.82, 2.24) is 19.7 Å². The van der Waals surface area contributed by atoms with Gasteiger partial charge in [-0.05, 0) is 55.5 Å². The fraction of sp³-hybridized carbons (Fsp3) is 0.300. The van der Waals surface area contributed by atoms with Gasteiger partial charge in [-0.1, -0.05) is 23.9 Å². The molecule has 1 aromatic carbocycles. The van der Waals surface area contributed by atoms with Crippen LogP contribution in [0.1, 0.15) is 34.8 Å². The number of benzene rings is 1. The molecule has 0 fully saturated rings. The van der Waals surface area contributed by atoms with E-state index in [0.29, 0.717) is 0 Å². The number of carbonyl (C=O) groups is 1. The molecule has 0 bridgehead atoms. The van der Waals surface area contributed by atoms with Gasteiger partial charge in [-0.25, -0.2) is 0 Å². The minimum absolute atomic E-state index is 0.137. The van der Waals surface area contributed by atoms with Gasteiger partial charge in [0.15, 0.2) is 16.8 Å². The number of ketones is 1. The molecule has 1 aliphatic carbocycles. The first-order valence-corrected chi connectivity index (χ1v) is 9.64. The van der Waals surface area contributed by atoms with Crippen LogP contribution < -0.4 is 0 Å². The number of Topliss-reactive ketones (excluding diaryl/α,β-unsaturated/α-hetero) is 1. The molecular weight excluding hydrogens is 344 g/mol. The Kier molecular flexibility index (Phi) is 4.59. The maximum Gasteiger partial charge on any atom is 0.191 e. The zero-order chi connectivity index (χ0) is 18.1. The third kappa shape index (κ3) is 3.17. The van der Waals surface area contributed by atoms with E-state index in [1.807, 2.05) is 36.7 Å². The molecule has 4 rings (SSSR count). The number of fused-ring (bicyclic) bond motifs is 1. The zero-order valence-corrected chi connectivity index (χ0v) is 15.7. The highest BCUT2D eigenvalue weighted by Gasteiger charge is 2.22. The molecule has 0 unspecified atom stereocenters. The second kappa shape index (κ2) is 7.03. The van der Waals surface area contributed by atoms with Crippen molar-refractivity contribution in [3.05, 3.63) is 59.4 Å². The van der Waals surface area contributed by atoms with Crippen molar-refractivity contribution in [2.45, 2.75) is 36.6 Å². The summed E-state index contributed by atoms with van der Waals surface area (Å²) >= 11 is 1.45. The molecule has 0 saturated heterocycles. The maximum absolute atomic E-state index is 12.9. The minimum Gasteiger partial charge on any atom is -0.305 e. The van der Waals surface area contributed by atoms with Crippen molar-refractivity contribution >= 4 is 17.5 Å². The third-order valence-electron chi connectivity index (χ3n) is 4.81.